The summed E-state index contributed by atoms with van der Waals surface area (Å²) in [4.78, 5) is 27.5. The molecule has 0 aromatic heterocycles. The van der Waals surface area contributed by atoms with E-state index in [1.807, 2.05) is 53.4 Å². The van der Waals surface area contributed by atoms with Crippen molar-refractivity contribution in [1.82, 2.24) is 4.90 Å². The van der Waals surface area contributed by atoms with Crippen molar-refractivity contribution in [2.24, 2.45) is 0 Å². The zero-order chi connectivity index (χ0) is 21.6. The third-order valence-electron chi connectivity index (χ3n) is 5.51. The van der Waals surface area contributed by atoms with E-state index in [1.54, 1.807) is 12.1 Å². The van der Waals surface area contributed by atoms with E-state index in [2.05, 4.69) is 21.2 Å². The summed E-state index contributed by atoms with van der Waals surface area (Å²) in [6.45, 7) is 1.38. The van der Waals surface area contributed by atoms with Gasteiger partial charge in [0.15, 0.2) is 6.61 Å². The second-order valence-corrected chi connectivity index (χ2v) is 8.48. The largest absolute Gasteiger partial charge is 0.483 e. The number of nitrogens with zero attached hydrogens (tertiary/aromatic N) is 1. The second kappa shape index (κ2) is 9.96. The van der Waals surface area contributed by atoms with Gasteiger partial charge in [-0.15, -0.1) is 0 Å². The van der Waals surface area contributed by atoms with Gasteiger partial charge in [-0.05, 0) is 57.7 Å². The number of carbonyl (C=O) groups excluding carboxylic acids is 2. The topological polar surface area (TPSA) is 58.6 Å². The van der Waals surface area contributed by atoms with Gasteiger partial charge in [0.1, 0.15) is 5.75 Å². The zero-order valence-electron chi connectivity index (χ0n) is 17.3. The number of amides is 2. The summed E-state index contributed by atoms with van der Waals surface area (Å²) in [7, 11) is 0. The second-order valence-electron chi connectivity index (χ2n) is 7.69. The molecule has 0 atom stereocenters. The Kier molecular flexibility index (Phi) is 6.87. The number of nitrogens with one attached hydrogen (secondary N) is 1. The van der Waals surface area contributed by atoms with Crippen LogP contribution in [0.15, 0.2) is 65.1 Å². The van der Waals surface area contributed by atoms with Crippen LogP contribution in [0.25, 0.3) is 10.8 Å². The van der Waals surface area contributed by atoms with Crippen molar-refractivity contribution < 1.29 is 14.3 Å². The normalized spacial score (nSPS) is 14.2. The van der Waals surface area contributed by atoms with Crippen molar-refractivity contribution in [2.45, 2.75) is 25.7 Å². The molecule has 0 aliphatic carbocycles. The van der Waals surface area contributed by atoms with Gasteiger partial charge in [-0.2, -0.15) is 0 Å². The number of hydrogen-bond acceptors (Lipinski definition) is 3. The fraction of sp³-hybridized carbons (Fsp3) is 0.280. The molecule has 160 valence electrons. The van der Waals surface area contributed by atoms with Crippen LogP contribution in [0.1, 0.15) is 36.0 Å². The lowest BCUT2D eigenvalue weighted by atomic mass is 10.1. The van der Waals surface area contributed by atoms with E-state index < -0.39 is 0 Å². The van der Waals surface area contributed by atoms with Crippen molar-refractivity contribution >= 4 is 44.2 Å². The third kappa shape index (κ3) is 5.07. The molecule has 3 aromatic rings. The summed E-state index contributed by atoms with van der Waals surface area (Å²) in [5.74, 6) is 0.259. The van der Waals surface area contributed by atoms with Crippen molar-refractivity contribution in [3.63, 3.8) is 0 Å². The molecule has 0 saturated carbocycles. The summed E-state index contributed by atoms with van der Waals surface area (Å²) in [6.07, 6.45) is 4.36. The van der Waals surface area contributed by atoms with E-state index in [0.29, 0.717) is 17.0 Å². The SMILES string of the molecule is O=C(COc1ccc2ccccc2c1Br)Nc1ccccc1C(=O)N1CCCCCC1. The average Bonchev–Trinajstić information content (AvgIpc) is 3.08. The van der Waals surface area contributed by atoms with Gasteiger partial charge in [0.05, 0.1) is 15.7 Å². The summed E-state index contributed by atoms with van der Waals surface area (Å²) in [5.41, 5.74) is 1.03. The number of carbonyl (C=O) groups is 2. The number of likely N-dealkylation sites (tertiary alicyclic amines) is 1. The minimum atomic E-state index is -0.309. The van der Waals surface area contributed by atoms with Crippen LogP contribution in [-0.2, 0) is 4.79 Å². The number of halogens is 1. The Morgan fingerprint density at radius 2 is 1.61 bits per heavy atom. The maximum Gasteiger partial charge on any atom is 0.262 e. The number of hydrogen-bond donors (Lipinski definition) is 1. The number of anilines is 1. The van der Waals surface area contributed by atoms with Crippen LogP contribution in [0.5, 0.6) is 5.75 Å². The summed E-state index contributed by atoms with van der Waals surface area (Å²) in [6, 6.07) is 18.9. The lowest BCUT2D eigenvalue weighted by Crippen LogP contribution is -2.33. The molecule has 1 saturated heterocycles. The molecule has 1 aliphatic rings. The van der Waals surface area contributed by atoms with Crippen LogP contribution in [0.4, 0.5) is 5.69 Å². The minimum Gasteiger partial charge on any atom is -0.483 e. The van der Waals surface area contributed by atoms with Crippen LogP contribution >= 0.6 is 15.9 Å². The molecule has 4 rings (SSSR count). The summed E-state index contributed by atoms with van der Waals surface area (Å²) >= 11 is 3.57. The first-order chi connectivity index (χ1) is 15.1. The minimum absolute atomic E-state index is 0.0315. The predicted molar refractivity (Wildman–Crippen MR) is 127 cm³/mol. The Labute approximate surface area is 190 Å². The monoisotopic (exact) mass is 480 g/mol. The standard InChI is InChI=1S/C25H25BrN2O3/c26-24-19-10-4-3-9-18(19)13-14-22(24)31-17-23(29)27-21-12-6-5-11-20(21)25(30)28-15-7-1-2-8-16-28/h3-6,9-14H,1-2,7-8,15-17H2,(H,27,29). The molecule has 0 spiro atoms. The molecule has 1 fully saturated rings. The van der Waals surface area contributed by atoms with Crippen molar-refractivity contribution in [3.05, 3.63) is 70.7 Å². The molecule has 5 nitrogen and oxygen atoms in total. The van der Waals surface area contributed by atoms with Crippen molar-refractivity contribution in [3.8, 4) is 5.75 Å². The highest BCUT2D eigenvalue weighted by molar-refractivity contribution is 9.10. The van der Waals surface area contributed by atoms with Crippen LogP contribution in [0.2, 0.25) is 0 Å². The first-order valence-electron chi connectivity index (χ1n) is 10.6. The van der Waals surface area contributed by atoms with E-state index in [9.17, 15) is 9.59 Å². The fourth-order valence-corrected chi connectivity index (χ4v) is 4.49. The maximum atomic E-state index is 13.0. The molecule has 1 N–H and O–H groups in total. The van der Waals surface area contributed by atoms with Gasteiger partial charge < -0.3 is 15.0 Å². The van der Waals surface area contributed by atoms with Gasteiger partial charge in [0, 0.05) is 13.1 Å². The van der Waals surface area contributed by atoms with E-state index >= 15 is 0 Å². The van der Waals surface area contributed by atoms with Crippen LogP contribution in [0.3, 0.4) is 0 Å². The lowest BCUT2D eigenvalue weighted by Gasteiger charge is -2.22. The molecule has 0 radical (unpaired) electrons. The molecule has 6 heteroatoms. The molecule has 1 aliphatic heterocycles. The average molecular weight is 481 g/mol. The number of benzene rings is 3. The summed E-state index contributed by atoms with van der Waals surface area (Å²) in [5, 5.41) is 4.96. The van der Waals surface area contributed by atoms with Crippen LogP contribution < -0.4 is 10.1 Å². The molecule has 1 heterocycles. The Morgan fingerprint density at radius 1 is 0.903 bits per heavy atom. The fourth-order valence-electron chi connectivity index (χ4n) is 3.88. The van der Waals surface area contributed by atoms with Gasteiger partial charge in [-0.3, -0.25) is 9.59 Å². The molecule has 31 heavy (non-hydrogen) atoms. The predicted octanol–water partition coefficient (Wildman–Crippen LogP) is 5.64. The van der Waals surface area contributed by atoms with E-state index in [-0.39, 0.29) is 18.4 Å². The smallest absolute Gasteiger partial charge is 0.262 e. The summed E-state index contributed by atoms with van der Waals surface area (Å²) < 4.78 is 6.57. The van der Waals surface area contributed by atoms with Gasteiger partial charge in [0.25, 0.3) is 11.8 Å². The first kappa shape index (κ1) is 21.4. The lowest BCUT2D eigenvalue weighted by molar-refractivity contribution is -0.118. The molecule has 0 bridgehead atoms. The number of fused-ring (bicyclic) bond motifs is 1. The highest BCUT2D eigenvalue weighted by Crippen LogP contribution is 2.33. The Balaban J connectivity index is 1.43. The van der Waals surface area contributed by atoms with Gasteiger partial charge in [0.2, 0.25) is 0 Å². The van der Waals surface area contributed by atoms with Gasteiger partial charge in [-0.25, -0.2) is 0 Å². The van der Waals surface area contributed by atoms with Crippen molar-refractivity contribution in [1.29, 1.82) is 0 Å². The molecular weight excluding hydrogens is 456 g/mol. The quantitative estimate of drug-likeness (QED) is 0.514. The van der Waals surface area contributed by atoms with E-state index in [4.69, 9.17) is 4.74 Å². The van der Waals surface area contributed by atoms with Gasteiger partial charge >= 0.3 is 0 Å². The molecular formula is C25H25BrN2O3. The Bertz CT molecular complexity index is 1090. The highest BCUT2D eigenvalue weighted by atomic mass is 79.9. The number of ether oxygens (including phenoxy) is 1. The molecule has 0 unspecified atom stereocenters. The van der Waals surface area contributed by atoms with Gasteiger partial charge in [-0.1, -0.05) is 55.3 Å². The van der Waals surface area contributed by atoms with Crippen LogP contribution in [-0.4, -0.2) is 36.4 Å². The molecule has 2 amide bonds. The van der Waals surface area contributed by atoms with Crippen LogP contribution in [0, 0.1) is 0 Å². The van der Waals surface area contributed by atoms with Crippen molar-refractivity contribution in [2.75, 3.05) is 25.0 Å². The first-order valence-corrected chi connectivity index (χ1v) is 11.4. The van der Waals surface area contributed by atoms with E-state index in [0.717, 1.165) is 54.0 Å². The third-order valence-corrected chi connectivity index (χ3v) is 6.33. The highest BCUT2D eigenvalue weighted by Gasteiger charge is 2.20. The number of para-hydroxylation sites is 1. The molecule has 3 aromatic carbocycles. The Morgan fingerprint density at radius 3 is 2.42 bits per heavy atom. The Hall–Kier alpha value is -2.86. The maximum absolute atomic E-state index is 13.0. The van der Waals surface area contributed by atoms with E-state index in [1.165, 1.54) is 0 Å². The number of rotatable bonds is 5. The zero-order valence-corrected chi connectivity index (χ0v) is 18.9.